The van der Waals surface area contributed by atoms with Gasteiger partial charge < -0.3 is 14.9 Å². The van der Waals surface area contributed by atoms with Crippen molar-refractivity contribution in [3.05, 3.63) is 32.5 Å². The molecule has 0 saturated heterocycles. The summed E-state index contributed by atoms with van der Waals surface area (Å²) < 4.78 is 29.9. The predicted molar refractivity (Wildman–Crippen MR) is 56.8 cm³/mol. The lowest BCUT2D eigenvalue weighted by molar-refractivity contribution is -0.389. The number of nitrogens with zero attached hydrogens (tertiary/aromatic N) is 2. The van der Waals surface area contributed by atoms with Crippen molar-refractivity contribution in [3.63, 3.8) is 0 Å². The van der Waals surface area contributed by atoms with Gasteiger partial charge in [-0.25, -0.2) is 13.6 Å². The second-order valence-corrected chi connectivity index (χ2v) is 3.41. The third-order valence-electron chi connectivity index (χ3n) is 1.86. The van der Waals surface area contributed by atoms with Crippen LogP contribution in [-0.4, -0.2) is 22.5 Å². The summed E-state index contributed by atoms with van der Waals surface area (Å²) in [5.41, 5.74) is -1.72. The van der Waals surface area contributed by atoms with E-state index >= 15 is 0 Å². The van der Waals surface area contributed by atoms with E-state index in [9.17, 15) is 23.7 Å². The number of aromatic nitrogens is 1. The summed E-state index contributed by atoms with van der Waals surface area (Å²) in [6.45, 7) is 1.43. The van der Waals surface area contributed by atoms with Crippen molar-refractivity contribution in [1.82, 2.24) is 4.98 Å². The van der Waals surface area contributed by atoms with Crippen LogP contribution in [-0.2, 0) is 4.74 Å². The third-order valence-corrected chi connectivity index (χ3v) is 2.16. The molecule has 6 nitrogen and oxygen atoms in total. The molecule has 1 rings (SSSR count). The van der Waals surface area contributed by atoms with Gasteiger partial charge in [-0.2, -0.15) is 0 Å². The number of carbonyl (C=O) groups excluding carboxylic acids is 1. The van der Waals surface area contributed by atoms with Crippen LogP contribution < -0.4 is 0 Å². The molecule has 0 spiro atoms. The van der Waals surface area contributed by atoms with Crippen LogP contribution in [0.3, 0.4) is 0 Å². The maximum absolute atomic E-state index is 12.7. The van der Waals surface area contributed by atoms with Crippen molar-refractivity contribution in [2.45, 2.75) is 13.3 Å². The molecule has 0 unspecified atom stereocenters. The van der Waals surface area contributed by atoms with Gasteiger partial charge in [0.15, 0.2) is 0 Å². The molecule has 1 aromatic heterocycles. The van der Waals surface area contributed by atoms with Gasteiger partial charge in [0.2, 0.25) is 5.69 Å². The molecule has 0 aromatic carbocycles. The Hall–Kier alpha value is -1.83. The van der Waals surface area contributed by atoms with Gasteiger partial charge in [0.05, 0.1) is 17.7 Å². The Morgan fingerprint density at radius 1 is 1.67 bits per heavy atom. The highest BCUT2D eigenvalue weighted by atomic mass is 35.5. The topological polar surface area (TPSA) is 82.3 Å². The number of hydrogen-bond acceptors (Lipinski definition) is 5. The minimum Gasteiger partial charge on any atom is -0.462 e. The van der Waals surface area contributed by atoms with Gasteiger partial charge in [-0.15, -0.1) is 0 Å². The first-order chi connectivity index (χ1) is 8.38. The first kappa shape index (κ1) is 14.2. The Labute approximate surface area is 105 Å². The second kappa shape index (κ2) is 5.67. The maximum Gasteiger partial charge on any atom is 0.365 e. The highest BCUT2D eigenvalue weighted by Crippen LogP contribution is 2.30. The number of alkyl halides is 2. The number of esters is 1. The van der Waals surface area contributed by atoms with E-state index in [1.165, 1.54) is 6.92 Å². The van der Waals surface area contributed by atoms with Crippen molar-refractivity contribution < 1.29 is 23.2 Å². The van der Waals surface area contributed by atoms with Crippen LogP contribution in [0.4, 0.5) is 14.6 Å². The molecular formula is C9H7ClF2N2O4. The predicted octanol–water partition coefficient (Wildman–Crippen LogP) is 2.76. The van der Waals surface area contributed by atoms with Gasteiger partial charge in [0.1, 0.15) is 5.56 Å². The van der Waals surface area contributed by atoms with Gasteiger partial charge >= 0.3 is 18.2 Å². The minimum atomic E-state index is -3.18. The summed E-state index contributed by atoms with van der Waals surface area (Å²) in [6, 6.07) is 0.722. The first-order valence-electron chi connectivity index (χ1n) is 4.68. The van der Waals surface area contributed by atoms with Crippen LogP contribution in [0.25, 0.3) is 0 Å². The summed E-state index contributed by atoms with van der Waals surface area (Å²) >= 11 is 5.57. The molecule has 0 aliphatic carbocycles. The average molecular weight is 281 g/mol. The van der Waals surface area contributed by atoms with E-state index in [2.05, 4.69) is 9.72 Å². The summed E-state index contributed by atoms with van der Waals surface area (Å²) in [6.07, 6.45) is -3.18. The van der Waals surface area contributed by atoms with Crippen LogP contribution in [0.5, 0.6) is 0 Å². The number of hydrogen-bond donors (Lipinski definition) is 0. The summed E-state index contributed by atoms with van der Waals surface area (Å²) in [4.78, 5) is 24.0. The maximum atomic E-state index is 12.7. The molecular weight excluding hydrogens is 274 g/mol. The fourth-order valence-electron chi connectivity index (χ4n) is 1.18. The lowest BCUT2D eigenvalue weighted by Crippen LogP contribution is -2.12. The fourth-order valence-corrected chi connectivity index (χ4v) is 1.45. The van der Waals surface area contributed by atoms with E-state index in [0.717, 1.165) is 6.07 Å². The number of carbonyl (C=O) groups is 1. The summed E-state index contributed by atoms with van der Waals surface area (Å²) in [7, 11) is 0. The van der Waals surface area contributed by atoms with E-state index in [4.69, 9.17) is 11.6 Å². The van der Waals surface area contributed by atoms with Crippen LogP contribution in [0.2, 0.25) is 5.02 Å². The zero-order valence-electron chi connectivity index (χ0n) is 9.02. The molecule has 18 heavy (non-hydrogen) atoms. The molecule has 9 heteroatoms. The van der Waals surface area contributed by atoms with Gasteiger partial charge in [0.25, 0.3) is 0 Å². The first-order valence-corrected chi connectivity index (χ1v) is 5.06. The van der Waals surface area contributed by atoms with E-state index in [0.29, 0.717) is 0 Å². The quantitative estimate of drug-likeness (QED) is 0.481. The van der Waals surface area contributed by atoms with Crippen LogP contribution >= 0.6 is 11.6 Å². The number of pyridine rings is 1. The summed E-state index contributed by atoms with van der Waals surface area (Å²) in [5, 5.41) is 9.96. The molecule has 0 atom stereocenters. The Balaban J connectivity index is 3.41. The average Bonchev–Trinajstić information content (AvgIpc) is 2.27. The third kappa shape index (κ3) is 2.89. The van der Waals surface area contributed by atoms with E-state index < -0.39 is 39.4 Å². The van der Waals surface area contributed by atoms with Crippen LogP contribution in [0.1, 0.15) is 29.4 Å². The van der Waals surface area contributed by atoms with Crippen LogP contribution in [0, 0.1) is 10.1 Å². The van der Waals surface area contributed by atoms with Gasteiger partial charge in [0, 0.05) is 0 Å². The number of rotatable bonds is 4. The molecule has 1 aromatic rings. The van der Waals surface area contributed by atoms with Crippen LogP contribution in [0.15, 0.2) is 6.07 Å². The minimum absolute atomic E-state index is 0.0468. The molecule has 0 N–H and O–H groups in total. The van der Waals surface area contributed by atoms with Gasteiger partial charge in [-0.1, -0.05) is 11.6 Å². The normalized spacial score (nSPS) is 10.5. The molecule has 0 aliphatic rings. The van der Waals surface area contributed by atoms with Gasteiger partial charge in [-0.05, 0) is 16.8 Å². The van der Waals surface area contributed by atoms with Crippen molar-refractivity contribution in [3.8, 4) is 0 Å². The van der Waals surface area contributed by atoms with Crippen molar-refractivity contribution in [1.29, 1.82) is 0 Å². The van der Waals surface area contributed by atoms with Crippen molar-refractivity contribution in [2.75, 3.05) is 6.61 Å². The van der Waals surface area contributed by atoms with E-state index in [1.54, 1.807) is 0 Å². The Morgan fingerprint density at radius 2 is 2.28 bits per heavy atom. The lowest BCUT2D eigenvalue weighted by Gasteiger charge is -2.06. The SMILES string of the molecule is CCOC(=O)c1c(Cl)cc([N+](=O)[O-])nc1C(F)F. The molecule has 0 bridgehead atoms. The lowest BCUT2D eigenvalue weighted by atomic mass is 10.2. The van der Waals surface area contributed by atoms with Gasteiger partial charge in [-0.3, -0.25) is 0 Å². The second-order valence-electron chi connectivity index (χ2n) is 3.00. The number of halogens is 3. The van der Waals surface area contributed by atoms with E-state index in [-0.39, 0.29) is 6.61 Å². The number of nitro groups is 1. The molecule has 0 radical (unpaired) electrons. The Kier molecular flexibility index (Phi) is 4.49. The molecule has 98 valence electrons. The molecule has 1 heterocycles. The fraction of sp³-hybridized carbons (Fsp3) is 0.333. The molecule has 0 amide bonds. The molecule has 0 aliphatic heterocycles. The molecule has 0 saturated carbocycles. The zero-order valence-corrected chi connectivity index (χ0v) is 9.78. The zero-order chi connectivity index (χ0) is 13.9. The van der Waals surface area contributed by atoms with E-state index in [1.807, 2.05) is 0 Å². The largest absolute Gasteiger partial charge is 0.462 e. The van der Waals surface area contributed by atoms with Crippen molar-refractivity contribution in [2.24, 2.45) is 0 Å². The van der Waals surface area contributed by atoms with Crippen molar-refractivity contribution >= 4 is 23.4 Å². The highest BCUT2D eigenvalue weighted by Gasteiger charge is 2.31. The molecule has 0 fully saturated rings. The smallest absolute Gasteiger partial charge is 0.365 e. The monoisotopic (exact) mass is 280 g/mol. The Morgan fingerprint density at radius 3 is 2.72 bits per heavy atom. The standard InChI is InChI=1S/C9H7ClF2N2O4/c1-2-18-9(15)6-4(10)3-5(14(16)17)13-7(6)8(11)12/h3,8H,2H2,1H3. The summed E-state index contributed by atoms with van der Waals surface area (Å²) in [5.74, 6) is -1.96. The Bertz CT molecular complexity index is 496. The highest BCUT2D eigenvalue weighted by molar-refractivity contribution is 6.33. The number of ether oxygens (including phenoxy) is 1.